The molecule has 0 amide bonds. The highest BCUT2D eigenvalue weighted by Gasteiger charge is 2.11. The molecule has 0 aromatic heterocycles. The van der Waals surface area contributed by atoms with Gasteiger partial charge in [0.1, 0.15) is 12.4 Å². The molecule has 0 spiro atoms. The van der Waals surface area contributed by atoms with Gasteiger partial charge in [-0.15, -0.1) is 0 Å². The van der Waals surface area contributed by atoms with Crippen molar-refractivity contribution in [3.63, 3.8) is 0 Å². The molecule has 4 nitrogen and oxygen atoms in total. The number of nitrogens with zero attached hydrogens (tertiary/aromatic N) is 1. The number of aldehydes is 1. The largest absolute Gasteiger partial charge is 0.488 e. The van der Waals surface area contributed by atoms with Crippen LogP contribution in [0.3, 0.4) is 0 Å². The van der Waals surface area contributed by atoms with Crippen LogP contribution in [0.15, 0.2) is 84.9 Å². The van der Waals surface area contributed by atoms with Crippen LogP contribution in [-0.2, 0) is 13.2 Å². The molecule has 0 atom stereocenters. The van der Waals surface area contributed by atoms with E-state index in [2.05, 4.69) is 60.8 Å². The van der Waals surface area contributed by atoms with Crippen LogP contribution in [0.25, 0.3) is 11.1 Å². The van der Waals surface area contributed by atoms with E-state index in [1.54, 1.807) is 12.1 Å². The number of anilines is 1. The van der Waals surface area contributed by atoms with E-state index >= 15 is 0 Å². The van der Waals surface area contributed by atoms with E-state index in [0.29, 0.717) is 23.4 Å². The summed E-state index contributed by atoms with van der Waals surface area (Å²) in [6, 6.07) is 29.8. The summed E-state index contributed by atoms with van der Waals surface area (Å²) in [7, 11) is 0. The summed E-state index contributed by atoms with van der Waals surface area (Å²) in [4.78, 5) is 11.7. The van der Waals surface area contributed by atoms with Crippen molar-refractivity contribution in [3.05, 3.63) is 118 Å². The topological polar surface area (TPSA) is 62.1 Å². The second-order valence-corrected chi connectivity index (χ2v) is 8.23. The van der Waals surface area contributed by atoms with Gasteiger partial charge < -0.3 is 10.1 Å². The van der Waals surface area contributed by atoms with Crippen molar-refractivity contribution in [1.82, 2.24) is 0 Å². The molecule has 0 radical (unpaired) electrons. The maximum absolute atomic E-state index is 11.7. The lowest BCUT2D eigenvalue weighted by Gasteiger charge is -2.17. The highest BCUT2D eigenvalue weighted by Crippen LogP contribution is 2.29. The summed E-state index contributed by atoms with van der Waals surface area (Å²) in [6.07, 6.45) is 0.811. The first-order valence-electron chi connectivity index (χ1n) is 11.2. The van der Waals surface area contributed by atoms with Crippen molar-refractivity contribution in [3.8, 4) is 22.9 Å². The van der Waals surface area contributed by atoms with Crippen LogP contribution < -0.4 is 10.1 Å². The Bertz CT molecular complexity index is 1350. The predicted octanol–water partition coefficient (Wildman–Crippen LogP) is 6.85. The fraction of sp³-hybridized carbons (Fsp3) is 0.133. The Kier molecular flexibility index (Phi) is 7.05. The summed E-state index contributed by atoms with van der Waals surface area (Å²) >= 11 is 0. The van der Waals surface area contributed by atoms with E-state index in [4.69, 9.17) is 10.00 Å². The molecule has 168 valence electrons. The number of rotatable bonds is 8. The molecular formula is C30H26N2O2. The van der Waals surface area contributed by atoms with Gasteiger partial charge in [0.2, 0.25) is 0 Å². The third-order valence-electron chi connectivity index (χ3n) is 5.93. The fourth-order valence-electron chi connectivity index (χ4n) is 4.01. The van der Waals surface area contributed by atoms with Crippen molar-refractivity contribution in [1.29, 1.82) is 5.26 Å². The standard InChI is InChI=1S/C30H26N2O2/c1-21-14-27(19-33)30(34-20-24-9-6-8-23(15-24)17-31)16-29(21)32-18-26-12-7-13-28(22(26)2)25-10-4-3-5-11-25/h3-16,19,32H,18,20H2,1-2H3. The monoisotopic (exact) mass is 446 g/mol. The number of hydrogen-bond acceptors (Lipinski definition) is 4. The minimum atomic E-state index is 0.275. The number of nitrogens with one attached hydrogen (secondary N) is 1. The Morgan fingerprint density at radius 1 is 0.941 bits per heavy atom. The van der Waals surface area contributed by atoms with Gasteiger partial charge in [0, 0.05) is 18.3 Å². The maximum Gasteiger partial charge on any atom is 0.153 e. The average Bonchev–Trinajstić information content (AvgIpc) is 2.88. The van der Waals surface area contributed by atoms with Crippen LogP contribution in [0.5, 0.6) is 5.75 Å². The van der Waals surface area contributed by atoms with Gasteiger partial charge in [-0.25, -0.2) is 0 Å². The maximum atomic E-state index is 11.7. The Labute approximate surface area is 200 Å². The first-order valence-corrected chi connectivity index (χ1v) is 11.2. The predicted molar refractivity (Wildman–Crippen MR) is 136 cm³/mol. The molecule has 0 aliphatic heterocycles. The van der Waals surface area contributed by atoms with E-state index < -0.39 is 0 Å². The second-order valence-electron chi connectivity index (χ2n) is 8.23. The molecule has 0 unspecified atom stereocenters. The van der Waals surface area contributed by atoms with Crippen molar-refractivity contribution < 1.29 is 9.53 Å². The Hall–Kier alpha value is -4.36. The van der Waals surface area contributed by atoms with E-state index in [1.165, 1.54) is 22.3 Å². The van der Waals surface area contributed by atoms with Crippen LogP contribution in [0.1, 0.15) is 38.2 Å². The fourth-order valence-corrected chi connectivity index (χ4v) is 4.01. The van der Waals surface area contributed by atoms with E-state index in [1.807, 2.05) is 37.3 Å². The molecular weight excluding hydrogens is 420 g/mol. The normalized spacial score (nSPS) is 10.4. The van der Waals surface area contributed by atoms with Gasteiger partial charge >= 0.3 is 0 Å². The SMILES string of the molecule is Cc1cc(C=O)c(OCc2cccc(C#N)c2)cc1NCc1cccc(-c2ccccc2)c1C. The highest BCUT2D eigenvalue weighted by molar-refractivity contribution is 5.82. The minimum Gasteiger partial charge on any atom is -0.488 e. The van der Waals surface area contributed by atoms with Crippen molar-refractivity contribution in [2.75, 3.05) is 5.32 Å². The van der Waals surface area contributed by atoms with Crippen LogP contribution in [0.2, 0.25) is 0 Å². The highest BCUT2D eigenvalue weighted by atomic mass is 16.5. The zero-order chi connectivity index (χ0) is 23.9. The number of carbonyl (C=O) groups excluding carboxylic acids is 1. The van der Waals surface area contributed by atoms with Gasteiger partial charge in [-0.05, 0) is 65.4 Å². The lowest BCUT2D eigenvalue weighted by atomic mass is 9.96. The van der Waals surface area contributed by atoms with Crippen molar-refractivity contribution in [2.45, 2.75) is 27.0 Å². The number of nitriles is 1. The number of ether oxygens (including phenoxy) is 1. The van der Waals surface area contributed by atoms with Crippen molar-refractivity contribution >= 4 is 12.0 Å². The smallest absolute Gasteiger partial charge is 0.153 e. The summed E-state index contributed by atoms with van der Waals surface area (Å²) in [5.74, 6) is 0.514. The molecule has 4 rings (SSSR count). The number of hydrogen-bond donors (Lipinski definition) is 1. The third-order valence-corrected chi connectivity index (χ3v) is 5.93. The Balaban J connectivity index is 1.54. The molecule has 1 N–H and O–H groups in total. The molecule has 4 heteroatoms. The van der Waals surface area contributed by atoms with Crippen LogP contribution >= 0.6 is 0 Å². The molecule has 0 saturated heterocycles. The first kappa shape index (κ1) is 22.8. The Morgan fingerprint density at radius 3 is 2.50 bits per heavy atom. The summed E-state index contributed by atoms with van der Waals surface area (Å²) in [5.41, 5.74) is 8.69. The lowest BCUT2D eigenvalue weighted by Crippen LogP contribution is -2.06. The average molecular weight is 447 g/mol. The molecule has 0 saturated carbocycles. The second kappa shape index (κ2) is 10.5. The molecule has 4 aromatic carbocycles. The molecule has 0 aliphatic carbocycles. The zero-order valence-corrected chi connectivity index (χ0v) is 19.3. The molecule has 4 aromatic rings. The molecule has 34 heavy (non-hydrogen) atoms. The van der Waals surface area contributed by atoms with Crippen LogP contribution in [0, 0.1) is 25.2 Å². The zero-order valence-electron chi connectivity index (χ0n) is 19.3. The number of benzene rings is 4. The number of aryl methyl sites for hydroxylation is 1. The van der Waals surface area contributed by atoms with Gasteiger partial charge in [-0.2, -0.15) is 5.26 Å². The summed E-state index contributed by atoms with van der Waals surface area (Å²) in [6.45, 7) is 5.04. The molecule has 0 bridgehead atoms. The van der Waals surface area contributed by atoms with Gasteiger partial charge in [0.15, 0.2) is 6.29 Å². The minimum absolute atomic E-state index is 0.275. The summed E-state index contributed by atoms with van der Waals surface area (Å²) < 4.78 is 5.98. The Morgan fingerprint density at radius 2 is 1.74 bits per heavy atom. The lowest BCUT2D eigenvalue weighted by molar-refractivity contribution is 0.111. The van der Waals surface area contributed by atoms with Crippen LogP contribution in [0.4, 0.5) is 5.69 Å². The molecule has 0 fully saturated rings. The van der Waals surface area contributed by atoms with Gasteiger partial charge in [0.05, 0.1) is 17.2 Å². The molecule has 0 aliphatic rings. The third kappa shape index (κ3) is 5.16. The van der Waals surface area contributed by atoms with E-state index in [9.17, 15) is 4.79 Å². The quantitative estimate of drug-likeness (QED) is 0.301. The molecule has 0 heterocycles. The van der Waals surface area contributed by atoms with Gasteiger partial charge in [-0.3, -0.25) is 4.79 Å². The first-order chi connectivity index (χ1) is 16.6. The van der Waals surface area contributed by atoms with E-state index in [0.717, 1.165) is 23.1 Å². The number of carbonyl (C=O) groups is 1. The van der Waals surface area contributed by atoms with Crippen LogP contribution in [-0.4, -0.2) is 6.29 Å². The van der Waals surface area contributed by atoms with Gasteiger partial charge in [-0.1, -0.05) is 60.7 Å². The summed E-state index contributed by atoms with van der Waals surface area (Å²) in [5, 5.41) is 12.6. The van der Waals surface area contributed by atoms with Crippen molar-refractivity contribution in [2.24, 2.45) is 0 Å². The van der Waals surface area contributed by atoms with E-state index in [-0.39, 0.29) is 6.61 Å². The van der Waals surface area contributed by atoms with Gasteiger partial charge in [0.25, 0.3) is 0 Å².